The summed E-state index contributed by atoms with van der Waals surface area (Å²) in [5.74, 6) is -0.458. The van der Waals surface area contributed by atoms with Gasteiger partial charge >= 0.3 is 0 Å². The van der Waals surface area contributed by atoms with Gasteiger partial charge in [0.15, 0.2) is 9.84 Å². The minimum atomic E-state index is -3.44. The van der Waals surface area contributed by atoms with E-state index in [-0.39, 0.29) is 15.3 Å². The summed E-state index contributed by atoms with van der Waals surface area (Å²) in [5, 5.41) is 3.32. The van der Waals surface area contributed by atoms with Crippen molar-refractivity contribution in [3.8, 4) is 0 Å². The number of hydrogen-bond acceptors (Lipinski definition) is 4. The molecule has 0 saturated carbocycles. The molecule has 19 heavy (non-hydrogen) atoms. The van der Waals surface area contributed by atoms with Crippen molar-refractivity contribution in [1.29, 1.82) is 0 Å². The number of nitrogens with one attached hydrogen (secondary N) is 1. The monoisotopic (exact) mass is 303 g/mol. The van der Waals surface area contributed by atoms with Crippen molar-refractivity contribution >= 4 is 21.6 Å². The van der Waals surface area contributed by atoms with Crippen LogP contribution in [0.25, 0.3) is 0 Å². The first kappa shape index (κ1) is 14.8. The number of sulfone groups is 1. The fourth-order valence-electron chi connectivity index (χ4n) is 2.50. The lowest BCUT2D eigenvalue weighted by atomic mass is 9.90. The van der Waals surface area contributed by atoms with Crippen molar-refractivity contribution in [2.75, 3.05) is 19.1 Å². The van der Waals surface area contributed by atoms with E-state index in [1.807, 2.05) is 6.92 Å². The topological polar surface area (TPSA) is 46.2 Å². The molecule has 0 aromatic heterocycles. The van der Waals surface area contributed by atoms with Crippen LogP contribution in [0.2, 0.25) is 0 Å². The van der Waals surface area contributed by atoms with Gasteiger partial charge in [0.2, 0.25) is 0 Å². The van der Waals surface area contributed by atoms with Crippen LogP contribution in [0, 0.1) is 5.82 Å². The van der Waals surface area contributed by atoms with E-state index in [1.165, 1.54) is 6.07 Å². The lowest BCUT2D eigenvalue weighted by Gasteiger charge is -2.26. The van der Waals surface area contributed by atoms with E-state index < -0.39 is 15.7 Å². The molecule has 2 rings (SSSR count). The Morgan fingerprint density at radius 3 is 2.58 bits per heavy atom. The first-order chi connectivity index (χ1) is 8.78. The first-order valence-electron chi connectivity index (χ1n) is 6.11. The van der Waals surface area contributed by atoms with Crippen LogP contribution in [0.4, 0.5) is 4.39 Å². The molecule has 0 radical (unpaired) electrons. The van der Waals surface area contributed by atoms with E-state index in [0.717, 1.165) is 37.4 Å². The molecule has 0 amide bonds. The maximum Gasteiger partial charge on any atom is 0.176 e. The Morgan fingerprint density at radius 2 is 2.11 bits per heavy atom. The van der Waals surface area contributed by atoms with E-state index >= 15 is 0 Å². The largest absolute Gasteiger partial charge is 0.308 e. The normalized spacial score (nSPS) is 23.8. The lowest BCUT2D eigenvalue weighted by Crippen LogP contribution is -2.33. The third-order valence-corrected chi connectivity index (χ3v) is 5.69. The van der Waals surface area contributed by atoms with E-state index in [9.17, 15) is 12.8 Å². The molecule has 1 saturated heterocycles. The summed E-state index contributed by atoms with van der Waals surface area (Å²) in [5.41, 5.74) is 0.373. The van der Waals surface area contributed by atoms with Gasteiger partial charge in [-0.05, 0) is 50.3 Å². The minimum Gasteiger partial charge on any atom is -0.308 e. The summed E-state index contributed by atoms with van der Waals surface area (Å²) < 4.78 is 37.8. The summed E-state index contributed by atoms with van der Waals surface area (Å²) in [6.45, 7) is 2.86. The molecule has 3 nitrogen and oxygen atoms in total. The maximum atomic E-state index is 14.2. The number of rotatable bonds is 3. The molecule has 1 aliphatic heterocycles. The molecular formula is C13H18FNO2S2. The van der Waals surface area contributed by atoms with Crippen LogP contribution in [0.3, 0.4) is 0 Å². The van der Waals surface area contributed by atoms with Gasteiger partial charge in [-0.25, -0.2) is 12.8 Å². The van der Waals surface area contributed by atoms with E-state index in [4.69, 9.17) is 0 Å². The SMILES string of the molecule is CSc1c(F)cc(C2(C)CCCN2)cc1S(C)(=O)=O. The smallest absolute Gasteiger partial charge is 0.176 e. The van der Waals surface area contributed by atoms with Gasteiger partial charge in [0.05, 0.1) is 9.79 Å². The fraction of sp³-hybridized carbons (Fsp3) is 0.538. The van der Waals surface area contributed by atoms with Crippen LogP contribution in [-0.2, 0) is 15.4 Å². The van der Waals surface area contributed by atoms with Gasteiger partial charge in [0.1, 0.15) is 5.82 Å². The Balaban J connectivity index is 2.63. The van der Waals surface area contributed by atoms with Crippen molar-refractivity contribution < 1.29 is 12.8 Å². The quantitative estimate of drug-likeness (QED) is 0.872. The molecule has 1 unspecified atom stereocenters. The zero-order chi connectivity index (χ0) is 14.3. The predicted molar refractivity (Wildman–Crippen MR) is 75.9 cm³/mol. The van der Waals surface area contributed by atoms with Crippen LogP contribution in [-0.4, -0.2) is 27.5 Å². The zero-order valence-corrected chi connectivity index (χ0v) is 12.9. The van der Waals surface area contributed by atoms with Crippen LogP contribution in [0.15, 0.2) is 21.9 Å². The highest BCUT2D eigenvalue weighted by molar-refractivity contribution is 7.99. The Hall–Kier alpha value is -0.590. The highest BCUT2D eigenvalue weighted by Crippen LogP contribution is 2.36. The Bertz CT molecular complexity index is 593. The van der Waals surface area contributed by atoms with Gasteiger partial charge in [-0.2, -0.15) is 0 Å². The molecular weight excluding hydrogens is 285 g/mol. The lowest BCUT2D eigenvalue weighted by molar-refractivity contribution is 0.428. The maximum absolute atomic E-state index is 14.2. The molecule has 1 aromatic rings. The summed E-state index contributed by atoms with van der Waals surface area (Å²) in [6, 6.07) is 3.07. The Morgan fingerprint density at radius 1 is 1.42 bits per heavy atom. The van der Waals surface area contributed by atoms with Crippen molar-refractivity contribution in [1.82, 2.24) is 5.32 Å². The molecule has 1 fully saturated rings. The molecule has 1 N–H and O–H groups in total. The van der Waals surface area contributed by atoms with Crippen molar-refractivity contribution in [2.24, 2.45) is 0 Å². The average Bonchev–Trinajstić information content (AvgIpc) is 2.75. The Kier molecular flexibility index (Phi) is 3.95. The van der Waals surface area contributed by atoms with Gasteiger partial charge in [-0.15, -0.1) is 11.8 Å². The summed E-state index contributed by atoms with van der Waals surface area (Å²) in [7, 11) is -3.44. The molecule has 1 aliphatic rings. The van der Waals surface area contributed by atoms with Crippen molar-refractivity contribution in [2.45, 2.75) is 35.1 Å². The molecule has 0 spiro atoms. The summed E-state index contributed by atoms with van der Waals surface area (Å²) in [6.07, 6.45) is 4.70. The number of benzene rings is 1. The fourth-order valence-corrected chi connectivity index (χ4v) is 4.49. The number of thioether (sulfide) groups is 1. The van der Waals surface area contributed by atoms with Crippen LogP contribution >= 0.6 is 11.8 Å². The van der Waals surface area contributed by atoms with Crippen LogP contribution in [0.1, 0.15) is 25.3 Å². The van der Waals surface area contributed by atoms with Gasteiger partial charge in [0, 0.05) is 11.8 Å². The third-order valence-electron chi connectivity index (χ3n) is 3.62. The minimum absolute atomic E-state index is 0.0879. The Labute approximate surface area is 117 Å². The molecule has 0 bridgehead atoms. The average molecular weight is 303 g/mol. The second kappa shape index (κ2) is 5.07. The second-order valence-corrected chi connectivity index (χ2v) is 7.92. The van der Waals surface area contributed by atoms with Gasteiger partial charge in [-0.1, -0.05) is 0 Å². The van der Waals surface area contributed by atoms with Crippen molar-refractivity contribution in [3.05, 3.63) is 23.5 Å². The van der Waals surface area contributed by atoms with E-state index in [1.54, 1.807) is 12.3 Å². The molecule has 6 heteroatoms. The van der Waals surface area contributed by atoms with E-state index in [2.05, 4.69) is 5.32 Å². The third kappa shape index (κ3) is 2.80. The van der Waals surface area contributed by atoms with Gasteiger partial charge in [0.25, 0.3) is 0 Å². The highest BCUT2D eigenvalue weighted by Gasteiger charge is 2.32. The summed E-state index contributed by atoms with van der Waals surface area (Å²) in [4.78, 5) is 0.290. The van der Waals surface area contributed by atoms with Gasteiger partial charge < -0.3 is 5.32 Å². The predicted octanol–water partition coefficient (Wildman–Crippen LogP) is 2.55. The molecule has 1 aromatic carbocycles. The van der Waals surface area contributed by atoms with Crippen LogP contribution < -0.4 is 5.32 Å². The molecule has 0 aliphatic carbocycles. The number of halogens is 1. The van der Waals surface area contributed by atoms with Crippen LogP contribution in [0.5, 0.6) is 0 Å². The van der Waals surface area contributed by atoms with Crippen molar-refractivity contribution in [3.63, 3.8) is 0 Å². The molecule has 106 valence electrons. The summed E-state index contributed by atoms with van der Waals surface area (Å²) >= 11 is 1.12. The molecule has 1 heterocycles. The zero-order valence-electron chi connectivity index (χ0n) is 11.3. The van der Waals surface area contributed by atoms with E-state index in [0.29, 0.717) is 5.56 Å². The standard InChI is InChI=1S/C13H18FNO2S2/c1-13(5-4-6-15-13)9-7-10(14)12(18-2)11(8-9)19(3,16)17/h7-8,15H,4-6H2,1-3H3. The first-order valence-corrected chi connectivity index (χ1v) is 9.23. The molecule has 1 atom stereocenters. The number of hydrogen-bond donors (Lipinski definition) is 1. The second-order valence-electron chi connectivity index (χ2n) is 5.12. The highest BCUT2D eigenvalue weighted by atomic mass is 32.2. The van der Waals surface area contributed by atoms with Gasteiger partial charge in [-0.3, -0.25) is 0 Å².